The number of carbonyl (C=O) groups excluding carboxylic acids is 2. The highest BCUT2D eigenvalue weighted by Gasteiger charge is 2.22. The smallest absolute Gasteiger partial charge is 0.254 e. The highest BCUT2D eigenvalue weighted by Crippen LogP contribution is 2.30. The molecule has 0 spiro atoms. The van der Waals surface area contributed by atoms with Crippen LogP contribution in [0.5, 0.6) is 11.5 Å². The number of ether oxygens (including phenoxy) is 2. The summed E-state index contributed by atoms with van der Waals surface area (Å²) in [6.45, 7) is 1.93. The van der Waals surface area contributed by atoms with Crippen molar-refractivity contribution in [2.24, 2.45) is 0 Å². The zero-order chi connectivity index (χ0) is 28.4. The van der Waals surface area contributed by atoms with E-state index in [0.29, 0.717) is 34.3 Å². The molecule has 0 aliphatic carbocycles. The van der Waals surface area contributed by atoms with Gasteiger partial charge >= 0.3 is 0 Å². The maximum absolute atomic E-state index is 13.7. The summed E-state index contributed by atoms with van der Waals surface area (Å²) in [6, 6.07) is 13.4. The molecule has 0 saturated carbocycles. The van der Waals surface area contributed by atoms with Crippen LogP contribution in [0.3, 0.4) is 0 Å². The molecule has 2 amide bonds. The van der Waals surface area contributed by atoms with E-state index in [9.17, 15) is 18.0 Å². The monoisotopic (exact) mass is 575 g/mol. The lowest BCUT2D eigenvalue weighted by Crippen LogP contribution is -2.34. The fraction of sp³-hybridized carbons (Fsp3) is 0.370. The number of aliphatic hydroxyl groups is 1. The molecule has 12 heteroatoms. The number of nitrogens with zero attached hydrogens (tertiary/aromatic N) is 2. The molecule has 0 bridgehead atoms. The van der Waals surface area contributed by atoms with E-state index in [1.54, 1.807) is 22.4 Å². The molecule has 3 rings (SSSR count). The van der Waals surface area contributed by atoms with Crippen LogP contribution in [0.1, 0.15) is 38.6 Å². The Morgan fingerprint density at radius 2 is 1.77 bits per heavy atom. The average Bonchev–Trinajstić information content (AvgIpc) is 3.34. The van der Waals surface area contributed by atoms with Gasteiger partial charge in [0.2, 0.25) is 15.9 Å². The Morgan fingerprint density at radius 3 is 2.38 bits per heavy atom. The molecule has 0 fully saturated rings. The minimum absolute atomic E-state index is 0.210. The van der Waals surface area contributed by atoms with Crippen LogP contribution in [0.15, 0.2) is 47.8 Å². The van der Waals surface area contributed by atoms with Gasteiger partial charge < -0.3 is 19.5 Å². The topological polar surface area (TPSA) is 135 Å². The number of sulfonamides is 1. The van der Waals surface area contributed by atoms with E-state index in [2.05, 4.69) is 4.98 Å². The van der Waals surface area contributed by atoms with Crippen LogP contribution in [0.25, 0.3) is 0 Å². The number of nitrogens with one attached hydrogen (secondary N) is 1. The molecule has 10 nitrogen and oxygen atoms in total. The second-order valence-electron chi connectivity index (χ2n) is 8.80. The Balaban J connectivity index is 1.78. The predicted octanol–water partition coefficient (Wildman–Crippen LogP) is 2.72. The first kappa shape index (κ1) is 30.1. The molecule has 0 saturated heterocycles. The highest BCUT2D eigenvalue weighted by atomic mass is 32.2. The summed E-state index contributed by atoms with van der Waals surface area (Å²) in [5.74, 6) is -0.434. The van der Waals surface area contributed by atoms with Crippen molar-refractivity contribution in [3.8, 4) is 11.5 Å². The molecule has 210 valence electrons. The average molecular weight is 576 g/mol. The van der Waals surface area contributed by atoms with Gasteiger partial charge in [0.05, 0.1) is 45.2 Å². The van der Waals surface area contributed by atoms with Crippen molar-refractivity contribution in [1.82, 2.24) is 14.6 Å². The summed E-state index contributed by atoms with van der Waals surface area (Å²) in [5, 5.41) is 11.1. The summed E-state index contributed by atoms with van der Waals surface area (Å²) in [6.07, 6.45) is 1.27. The maximum atomic E-state index is 13.7. The number of thiazole rings is 1. The van der Waals surface area contributed by atoms with Crippen molar-refractivity contribution in [3.05, 3.63) is 75.2 Å². The van der Waals surface area contributed by atoms with Gasteiger partial charge in [-0.25, -0.2) is 13.4 Å². The lowest BCUT2D eigenvalue weighted by Gasteiger charge is -2.23. The molecule has 3 aromatic rings. The van der Waals surface area contributed by atoms with Crippen LogP contribution in [-0.4, -0.2) is 68.3 Å². The number of methoxy groups -OCH3 is 2. The first-order chi connectivity index (χ1) is 18.7. The van der Waals surface area contributed by atoms with Gasteiger partial charge in [-0.1, -0.05) is 30.3 Å². The number of aromatic nitrogens is 1. The van der Waals surface area contributed by atoms with E-state index in [-0.39, 0.29) is 18.9 Å². The number of aliphatic hydroxyl groups excluding tert-OH is 1. The van der Waals surface area contributed by atoms with E-state index in [4.69, 9.17) is 14.6 Å². The minimum atomic E-state index is -3.90. The second-order valence-corrected chi connectivity index (χ2v) is 11.6. The van der Waals surface area contributed by atoms with Gasteiger partial charge in [-0.15, -0.1) is 11.3 Å². The van der Waals surface area contributed by atoms with E-state index < -0.39 is 28.3 Å². The summed E-state index contributed by atoms with van der Waals surface area (Å²) in [4.78, 5) is 32.0. The predicted molar refractivity (Wildman–Crippen MR) is 149 cm³/mol. The van der Waals surface area contributed by atoms with E-state index in [1.165, 1.54) is 31.1 Å². The Labute approximate surface area is 232 Å². The number of rotatable bonds is 14. The molecular formula is C27H33N3O7S2. The van der Waals surface area contributed by atoms with Gasteiger partial charge in [0.1, 0.15) is 16.5 Å². The number of carbonyl (C=O) groups is 2. The van der Waals surface area contributed by atoms with Crippen molar-refractivity contribution < 1.29 is 32.6 Å². The Hall–Kier alpha value is -3.48. The number of hydrogen-bond acceptors (Lipinski definition) is 9. The van der Waals surface area contributed by atoms with E-state index in [1.807, 2.05) is 42.0 Å². The lowest BCUT2D eigenvalue weighted by atomic mass is 10.1. The largest absolute Gasteiger partial charge is 0.496 e. The third kappa shape index (κ3) is 8.77. The van der Waals surface area contributed by atoms with Gasteiger partial charge in [-0.05, 0) is 37.5 Å². The molecule has 2 N–H and O–H groups in total. The third-order valence-corrected chi connectivity index (χ3v) is 8.06. The number of aryl methyl sites for hydroxylation is 1. The van der Waals surface area contributed by atoms with Crippen LogP contribution < -0.4 is 14.2 Å². The Morgan fingerprint density at radius 1 is 1.10 bits per heavy atom. The number of benzene rings is 2. The van der Waals surface area contributed by atoms with Crippen molar-refractivity contribution >= 4 is 33.2 Å². The maximum Gasteiger partial charge on any atom is 0.254 e. The van der Waals surface area contributed by atoms with Gasteiger partial charge in [0.15, 0.2) is 0 Å². The Bertz CT molecular complexity index is 1350. The molecule has 0 radical (unpaired) electrons. The molecule has 2 aromatic carbocycles. The molecular weight excluding hydrogens is 542 g/mol. The standard InChI is InChI=1S/C27H33N3O7S2/c1-19-23(36-2)14-21(15-24(19)37-3)27(33)30(11-7-10-20-8-5-4-6-9-20)17-26-28-22(18-38-26)16-25(32)29-39(34,35)13-12-31/h4-6,8-9,14-15,18,31H,7,10-13,16-17H2,1-3H3,(H,29,32). The second kappa shape index (κ2) is 14.1. The molecule has 1 aromatic heterocycles. The fourth-order valence-corrected chi connectivity index (χ4v) is 5.54. The Kier molecular flexibility index (Phi) is 10.8. The van der Waals surface area contributed by atoms with Crippen LogP contribution >= 0.6 is 11.3 Å². The minimum Gasteiger partial charge on any atom is -0.496 e. The first-order valence-corrected chi connectivity index (χ1v) is 14.8. The summed E-state index contributed by atoms with van der Waals surface area (Å²) in [5.41, 5.74) is 2.76. The zero-order valence-corrected chi connectivity index (χ0v) is 23.8. The summed E-state index contributed by atoms with van der Waals surface area (Å²) >= 11 is 1.28. The van der Waals surface area contributed by atoms with Crippen molar-refractivity contribution in [3.63, 3.8) is 0 Å². The molecule has 39 heavy (non-hydrogen) atoms. The molecule has 0 unspecified atom stereocenters. The molecule has 0 aliphatic rings. The molecule has 0 aliphatic heterocycles. The number of hydrogen-bond donors (Lipinski definition) is 2. The van der Waals surface area contributed by atoms with E-state index >= 15 is 0 Å². The van der Waals surface area contributed by atoms with Gasteiger partial charge in [0, 0.05) is 23.1 Å². The highest BCUT2D eigenvalue weighted by molar-refractivity contribution is 7.90. The SMILES string of the molecule is COc1cc(C(=O)N(CCCc2ccccc2)Cc2nc(CC(=O)NS(=O)(=O)CCO)cs2)cc(OC)c1C. The zero-order valence-electron chi connectivity index (χ0n) is 22.2. The van der Waals surface area contributed by atoms with Crippen molar-refractivity contribution in [2.45, 2.75) is 32.7 Å². The summed E-state index contributed by atoms with van der Waals surface area (Å²) < 4.78 is 36.3. The van der Waals surface area contributed by atoms with Gasteiger partial charge in [-0.3, -0.25) is 14.3 Å². The van der Waals surface area contributed by atoms with Crippen LogP contribution in [-0.2, 0) is 34.2 Å². The van der Waals surface area contributed by atoms with Crippen molar-refractivity contribution in [1.29, 1.82) is 0 Å². The first-order valence-electron chi connectivity index (χ1n) is 12.3. The quantitative estimate of drug-likeness (QED) is 0.300. The van der Waals surface area contributed by atoms with Crippen molar-refractivity contribution in [2.75, 3.05) is 33.1 Å². The van der Waals surface area contributed by atoms with E-state index in [0.717, 1.165) is 18.4 Å². The van der Waals surface area contributed by atoms with Crippen LogP contribution in [0.2, 0.25) is 0 Å². The third-order valence-electron chi connectivity index (χ3n) is 5.92. The fourth-order valence-electron chi connectivity index (χ4n) is 3.97. The lowest BCUT2D eigenvalue weighted by molar-refractivity contribution is -0.118. The molecule has 1 heterocycles. The number of amides is 2. The molecule has 0 atom stereocenters. The normalized spacial score (nSPS) is 11.2. The van der Waals surface area contributed by atoms with Gasteiger partial charge in [-0.2, -0.15) is 0 Å². The summed E-state index contributed by atoms with van der Waals surface area (Å²) in [7, 11) is -0.825. The van der Waals surface area contributed by atoms with Crippen LogP contribution in [0, 0.1) is 6.92 Å². The van der Waals surface area contributed by atoms with Gasteiger partial charge in [0.25, 0.3) is 5.91 Å². The van der Waals surface area contributed by atoms with Crippen LogP contribution in [0.4, 0.5) is 0 Å².